The number of aryl methyl sites for hydroxylation is 1. The lowest BCUT2D eigenvalue weighted by Crippen LogP contribution is -2.38. The Labute approximate surface area is 156 Å². The van der Waals surface area contributed by atoms with E-state index in [0.29, 0.717) is 5.92 Å². The molecule has 2 rings (SSSR count). The van der Waals surface area contributed by atoms with Crippen LogP contribution < -0.4 is 10.6 Å². The highest BCUT2D eigenvalue weighted by Gasteiger charge is 2.06. The van der Waals surface area contributed by atoms with E-state index in [9.17, 15) is 0 Å². The fraction of sp³-hybridized carbons (Fsp3) is 0.316. The highest BCUT2D eigenvalue weighted by molar-refractivity contribution is 14.0. The van der Waals surface area contributed by atoms with E-state index in [1.165, 1.54) is 16.7 Å². The molecule has 1 unspecified atom stereocenters. The Hall–Kier alpha value is -1.56. The van der Waals surface area contributed by atoms with Gasteiger partial charge in [0.15, 0.2) is 5.96 Å². The number of guanidine groups is 1. The molecule has 4 heteroatoms. The Morgan fingerprint density at radius 1 is 1.00 bits per heavy atom. The monoisotopic (exact) mass is 423 g/mol. The second-order valence-corrected chi connectivity index (χ2v) is 5.60. The topological polar surface area (TPSA) is 36.4 Å². The highest BCUT2D eigenvalue weighted by Crippen LogP contribution is 2.14. The Bertz CT molecular complexity index is 594. The first-order valence-corrected chi connectivity index (χ1v) is 7.74. The lowest BCUT2D eigenvalue weighted by molar-refractivity contribution is 0.698. The first-order valence-electron chi connectivity index (χ1n) is 7.74. The van der Waals surface area contributed by atoms with Gasteiger partial charge in [-0.05, 0) is 24.0 Å². The van der Waals surface area contributed by atoms with Crippen molar-refractivity contribution in [3.63, 3.8) is 0 Å². The average molecular weight is 423 g/mol. The van der Waals surface area contributed by atoms with E-state index in [1.807, 2.05) is 18.2 Å². The van der Waals surface area contributed by atoms with Gasteiger partial charge in [-0.25, -0.2) is 0 Å². The summed E-state index contributed by atoms with van der Waals surface area (Å²) in [5.74, 6) is 1.28. The van der Waals surface area contributed by atoms with E-state index in [2.05, 4.69) is 65.9 Å². The smallest absolute Gasteiger partial charge is 0.191 e. The van der Waals surface area contributed by atoms with Crippen LogP contribution in [-0.2, 0) is 6.54 Å². The van der Waals surface area contributed by atoms with Crippen LogP contribution in [0.3, 0.4) is 0 Å². The molecule has 2 N–H and O–H groups in total. The van der Waals surface area contributed by atoms with Gasteiger partial charge in [0, 0.05) is 20.1 Å². The van der Waals surface area contributed by atoms with Crippen LogP contribution in [0.5, 0.6) is 0 Å². The van der Waals surface area contributed by atoms with Gasteiger partial charge in [-0.3, -0.25) is 4.99 Å². The first-order chi connectivity index (χ1) is 10.7. The lowest BCUT2D eigenvalue weighted by Gasteiger charge is -2.16. The number of rotatable bonds is 5. The number of hydrogen-bond donors (Lipinski definition) is 2. The van der Waals surface area contributed by atoms with Crippen molar-refractivity contribution in [2.75, 3.05) is 13.6 Å². The Morgan fingerprint density at radius 2 is 1.65 bits per heavy atom. The van der Waals surface area contributed by atoms with Gasteiger partial charge in [-0.1, -0.05) is 67.1 Å². The van der Waals surface area contributed by atoms with Crippen LogP contribution >= 0.6 is 24.0 Å². The van der Waals surface area contributed by atoms with Gasteiger partial charge in [-0.2, -0.15) is 0 Å². The fourth-order valence-electron chi connectivity index (χ4n) is 2.26. The van der Waals surface area contributed by atoms with Crippen molar-refractivity contribution < 1.29 is 0 Å². The predicted molar refractivity (Wildman–Crippen MR) is 110 cm³/mol. The largest absolute Gasteiger partial charge is 0.356 e. The zero-order valence-electron chi connectivity index (χ0n) is 14.0. The van der Waals surface area contributed by atoms with Gasteiger partial charge in [-0.15, -0.1) is 24.0 Å². The molecule has 0 spiro atoms. The molecule has 0 amide bonds. The molecule has 0 saturated heterocycles. The second kappa shape index (κ2) is 10.3. The van der Waals surface area contributed by atoms with Crippen molar-refractivity contribution in [3.8, 4) is 0 Å². The van der Waals surface area contributed by atoms with Crippen LogP contribution in [0.15, 0.2) is 59.6 Å². The van der Waals surface area contributed by atoms with Crippen molar-refractivity contribution >= 4 is 29.9 Å². The zero-order valence-corrected chi connectivity index (χ0v) is 16.4. The normalized spacial score (nSPS) is 12.2. The minimum atomic E-state index is 0. The molecule has 0 saturated carbocycles. The molecular weight excluding hydrogens is 397 g/mol. The van der Waals surface area contributed by atoms with Gasteiger partial charge in [0.05, 0.1) is 0 Å². The SMILES string of the molecule is CN=C(NCc1ccccc1)NCC(C)c1ccc(C)cc1.I. The fourth-order valence-corrected chi connectivity index (χ4v) is 2.26. The van der Waals surface area contributed by atoms with E-state index < -0.39 is 0 Å². The van der Waals surface area contributed by atoms with Crippen molar-refractivity contribution in [1.82, 2.24) is 10.6 Å². The summed E-state index contributed by atoms with van der Waals surface area (Å²) in [7, 11) is 1.80. The summed E-state index contributed by atoms with van der Waals surface area (Å²) >= 11 is 0. The molecular formula is C19H26IN3. The summed E-state index contributed by atoms with van der Waals surface area (Å²) in [6, 6.07) is 19.1. The van der Waals surface area contributed by atoms with Crippen LogP contribution in [0.1, 0.15) is 29.5 Å². The number of nitrogens with one attached hydrogen (secondary N) is 2. The molecule has 0 radical (unpaired) electrons. The van der Waals surface area contributed by atoms with Crippen LogP contribution in [0.2, 0.25) is 0 Å². The maximum absolute atomic E-state index is 4.28. The summed E-state index contributed by atoms with van der Waals surface area (Å²) in [4.78, 5) is 4.28. The minimum Gasteiger partial charge on any atom is -0.356 e. The van der Waals surface area contributed by atoms with E-state index in [4.69, 9.17) is 0 Å². The maximum atomic E-state index is 4.28. The van der Waals surface area contributed by atoms with Gasteiger partial charge >= 0.3 is 0 Å². The number of benzene rings is 2. The molecule has 0 aliphatic carbocycles. The van der Waals surface area contributed by atoms with Crippen molar-refractivity contribution in [2.24, 2.45) is 4.99 Å². The molecule has 23 heavy (non-hydrogen) atoms. The molecule has 124 valence electrons. The van der Waals surface area contributed by atoms with E-state index in [0.717, 1.165) is 19.0 Å². The van der Waals surface area contributed by atoms with E-state index >= 15 is 0 Å². The average Bonchev–Trinajstić information content (AvgIpc) is 2.56. The lowest BCUT2D eigenvalue weighted by atomic mass is 10.0. The number of nitrogens with zero attached hydrogens (tertiary/aromatic N) is 1. The Balaban J connectivity index is 0.00000264. The molecule has 3 nitrogen and oxygen atoms in total. The van der Waals surface area contributed by atoms with Gasteiger partial charge in [0.2, 0.25) is 0 Å². The van der Waals surface area contributed by atoms with E-state index in [1.54, 1.807) is 7.05 Å². The third-order valence-corrected chi connectivity index (χ3v) is 3.75. The molecule has 0 bridgehead atoms. The summed E-state index contributed by atoms with van der Waals surface area (Å²) in [5, 5.41) is 6.73. The maximum Gasteiger partial charge on any atom is 0.191 e. The molecule has 2 aromatic rings. The summed E-state index contributed by atoms with van der Waals surface area (Å²) in [6.07, 6.45) is 0. The summed E-state index contributed by atoms with van der Waals surface area (Å²) in [6.45, 7) is 5.97. The molecule has 0 aliphatic rings. The minimum absolute atomic E-state index is 0. The molecule has 0 aliphatic heterocycles. The zero-order chi connectivity index (χ0) is 15.8. The summed E-state index contributed by atoms with van der Waals surface area (Å²) < 4.78 is 0. The summed E-state index contributed by atoms with van der Waals surface area (Å²) in [5.41, 5.74) is 3.89. The first kappa shape index (κ1) is 19.5. The van der Waals surface area contributed by atoms with Gasteiger partial charge in [0.25, 0.3) is 0 Å². The third kappa shape index (κ3) is 6.60. The Morgan fingerprint density at radius 3 is 2.26 bits per heavy atom. The highest BCUT2D eigenvalue weighted by atomic mass is 127. The van der Waals surface area contributed by atoms with Crippen LogP contribution in [0.4, 0.5) is 0 Å². The molecule has 1 atom stereocenters. The number of halogens is 1. The van der Waals surface area contributed by atoms with Crippen molar-refractivity contribution in [1.29, 1.82) is 0 Å². The second-order valence-electron chi connectivity index (χ2n) is 5.60. The van der Waals surface area contributed by atoms with Crippen LogP contribution in [0, 0.1) is 6.92 Å². The van der Waals surface area contributed by atoms with Crippen LogP contribution in [0.25, 0.3) is 0 Å². The quantitative estimate of drug-likeness (QED) is 0.432. The molecule has 0 heterocycles. The predicted octanol–water partition coefficient (Wildman–Crippen LogP) is 4.08. The standard InChI is InChI=1S/C19H25N3.HI/c1-15-9-11-18(12-10-15)16(2)13-21-19(20-3)22-14-17-7-5-4-6-8-17;/h4-12,16H,13-14H2,1-3H3,(H2,20,21,22);1H. The van der Waals surface area contributed by atoms with Gasteiger partial charge < -0.3 is 10.6 Å². The van der Waals surface area contributed by atoms with E-state index in [-0.39, 0.29) is 24.0 Å². The molecule has 0 aromatic heterocycles. The van der Waals surface area contributed by atoms with Crippen LogP contribution in [-0.4, -0.2) is 19.6 Å². The van der Waals surface area contributed by atoms with Gasteiger partial charge in [0.1, 0.15) is 0 Å². The third-order valence-electron chi connectivity index (χ3n) is 3.75. The number of hydrogen-bond acceptors (Lipinski definition) is 1. The molecule has 2 aromatic carbocycles. The van der Waals surface area contributed by atoms with Crippen molar-refractivity contribution in [2.45, 2.75) is 26.3 Å². The molecule has 0 fully saturated rings. The number of aliphatic imine (C=N–C) groups is 1. The Kier molecular flexibility index (Phi) is 8.69. The van der Waals surface area contributed by atoms with Crippen molar-refractivity contribution in [3.05, 3.63) is 71.3 Å².